The van der Waals surface area contributed by atoms with Crippen molar-refractivity contribution in [2.24, 2.45) is 52.3 Å². The molecule has 1 aliphatic heterocycles. The standard InChI is InChI=1S/C31H54N2O3/c1-5-22-26-17-21(34)12-14-31(26,4)25-13-15-30(3)23(9-10-24(30)28(25)29(22)36)19(2)8-11-27(35)33-18-20-7-6-16-32-20/h19-26,28-29,32,34,36H,5-18H2,1-4H3,(H,33,35)/t19-,20?,21-,22-,23-,24+,25+,26+,28+,29-,30-,31-/m1/s1. The van der Waals surface area contributed by atoms with Gasteiger partial charge in [0.15, 0.2) is 0 Å². The molecule has 12 atom stereocenters. The van der Waals surface area contributed by atoms with Gasteiger partial charge in [-0.15, -0.1) is 0 Å². The number of nitrogens with one attached hydrogen (secondary N) is 2. The molecular weight excluding hydrogens is 448 g/mol. The lowest BCUT2D eigenvalue weighted by atomic mass is 9.41. The average molecular weight is 503 g/mol. The summed E-state index contributed by atoms with van der Waals surface area (Å²) in [5, 5.41) is 29.0. The van der Waals surface area contributed by atoms with Crippen molar-refractivity contribution in [3.63, 3.8) is 0 Å². The topological polar surface area (TPSA) is 81.6 Å². The van der Waals surface area contributed by atoms with Crippen LogP contribution in [0.4, 0.5) is 0 Å². The van der Waals surface area contributed by atoms with Crippen molar-refractivity contribution >= 4 is 5.91 Å². The van der Waals surface area contributed by atoms with E-state index in [1.165, 1.54) is 38.5 Å². The molecule has 0 aromatic rings. The number of fused-ring (bicyclic) bond motifs is 5. The third-order valence-electron chi connectivity index (χ3n) is 12.7. The van der Waals surface area contributed by atoms with Gasteiger partial charge in [0.1, 0.15) is 0 Å². The van der Waals surface area contributed by atoms with E-state index in [2.05, 4.69) is 38.3 Å². The van der Waals surface area contributed by atoms with E-state index in [-0.39, 0.29) is 28.9 Å². The summed E-state index contributed by atoms with van der Waals surface area (Å²) >= 11 is 0. The van der Waals surface area contributed by atoms with Gasteiger partial charge in [-0.3, -0.25) is 4.79 Å². The molecular formula is C31H54N2O3. The van der Waals surface area contributed by atoms with Gasteiger partial charge in [-0.2, -0.15) is 0 Å². The van der Waals surface area contributed by atoms with E-state index in [4.69, 9.17) is 0 Å². The molecule has 5 fully saturated rings. The molecule has 5 aliphatic rings. The highest BCUT2D eigenvalue weighted by atomic mass is 16.3. The Morgan fingerprint density at radius 3 is 2.50 bits per heavy atom. The molecule has 36 heavy (non-hydrogen) atoms. The monoisotopic (exact) mass is 502 g/mol. The second-order valence-corrected chi connectivity index (χ2v) is 14.2. The molecule has 0 aromatic carbocycles. The SMILES string of the molecule is CC[C@H]1[C@@H](O)[C@@H]2[C@H](CC[C@]3(C)[C@@H]([C@H](C)CCC(=O)NCC4CCCN4)CC[C@@H]23)[C@@]2(C)CC[C@@H](O)C[C@@H]12. The lowest BCUT2D eigenvalue weighted by Gasteiger charge is -2.64. The van der Waals surface area contributed by atoms with Crippen molar-refractivity contribution in [1.82, 2.24) is 10.6 Å². The molecule has 0 spiro atoms. The lowest BCUT2D eigenvalue weighted by molar-refractivity contribution is -0.203. The van der Waals surface area contributed by atoms with Gasteiger partial charge in [0.2, 0.25) is 5.91 Å². The molecule has 1 heterocycles. The highest BCUT2D eigenvalue weighted by Crippen LogP contribution is 2.69. The summed E-state index contributed by atoms with van der Waals surface area (Å²) < 4.78 is 0. The van der Waals surface area contributed by atoms with E-state index < -0.39 is 0 Å². The number of amides is 1. The Bertz CT molecular complexity index is 784. The molecule has 5 heteroatoms. The first kappa shape index (κ1) is 26.9. The third kappa shape index (κ3) is 4.57. The van der Waals surface area contributed by atoms with Crippen molar-refractivity contribution in [3.8, 4) is 0 Å². The molecule has 5 rings (SSSR count). The van der Waals surface area contributed by atoms with Crippen LogP contribution in [0.2, 0.25) is 0 Å². The molecule has 5 nitrogen and oxygen atoms in total. The fourth-order valence-electron chi connectivity index (χ4n) is 10.7. The van der Waals surface area contributed by atoms with Crippen LogP contribution in [-0.4, -0.2) is 47.5 Å². The van der Waals surface area contributed by atoms with Gasteiger partial charge in [0, 0.05) is 19.0 Å². The molecule has 1 amide bonds. The number of rotatable bonds is 7. The van der Waals surface area contributed by atoms with Crippen molar-refractivity contribution < 1.29 is 15.0 Å². The quantitative estimate of drug-likeness (QED) is 0.399. The second-order valence-electron chi connectivity index (χ2n) is 14.2. The van der Waals surface area contributed by atoms with Crippen LogP contribution in [0.25, 0.3) is 0 Å². The molecule has 1 saturated heterocycles. The Morgan fingerprint density at radius 1 is 1.03 bits per heavy atom. The predicted octanol–water partition coefficient (Wildman–Crippen LogP) is 4.90. The Hall–Kier alpha value is -0.650. The zero-order valence-corrected chi connectivity index (χ0v) is 23.5. The summed E-state index contributed by atoms with van der Waals surface area (Å²) in [5.41, 5.74) is 0.544. The lowest BCUT2D eigenvalue weighted by Crippen LogP contribution is -2.62. The van der Waals surface area contributed by atoms with Crippen molar-refractivity contribution in [2.75, 3.05) is 13.1 Å². The van der Waals surface area contributed by atoms with Gasteiger partial charge in [0.25, 0.3) is 0 Å². The molecule has 0 radical (unpaired) electrons. The molecule has 4 aliphatic carbocycles. The minimum atomic E-state index is -0.225. The summed E-state index contributed by atoms with van der Waals surface area (Å²) in [5.74, 6) is 3.79. The van der Waals surface area contributed by atoms with Crippen LogP contribution in [-0.2, 0) is 4.79 Å². The number of aliphatic hydroxyl groups excluding tert-OH is 2. The van der Waals surface area contributed by atoms with E-state index in [1.807, 2.05) is 0 Å². The third-order valence-corrected chi connectivity index (χ3v) is 12.7. The Morgan fingerprint density at radius 2 is 1.78 bits per heavy atom. The molecule has 4 saturated carbocycles. The fraction of sp³-hybridized carbons (Fsp3) is 0.968. The first-order valence-corrected chi connectivity index (χ1v) is 15.5. The van der Waals surface area contributed by atoms with E-state index in [0.717, 1.165) is 45.2 Å². The van der Waals surface area contributed by atoms with Gasteiger partial charge in [-0.05, 0) is 123 Å². The van der Waals surface area contributed by atoms with Crippen molar-refractivity contribution in [1.29, 1.82) is 0 Å². The van der Waals surface area contributed by atoms with Gasteiger partial charge >= 0.3 is 0 Å². The predicted molar refractivity (Wildman–Crippen MR) is 144 cm³/mol. The zero-order chi connectivity index (χ0) is 25.7. The van der Waals surface area contributed by atoms with Crippen LogP contribution in [0.15, 0.2) is 0 Å². The van der Waals surface area contributed by atoms with Gasteiger partial charge in [-0.25, -0.2) is 0 Å². The first-order valence-electron chi connectivity index (χ1n) is 15.5. The van der Waals surface area contributed by atoms with Crippen LogP contribution < -0.4 is 10.6 Å². The minimum absolute atomic E-state index is 0.182. The van der Waals surface area contributed by atoms with Crippen molar-refractivity contribution in [3.05, 3.63) is 0 Å². The fourth-order valence-corrected chi connectivity index (χ4v) is 10.7. The second kappa shape index (κ2) is 10.5. The molecule has 4 N–H and O–H groups in total. The normalized spacial score (nSPS) is 49.1. The zero-order valence-electron chi connectivity index (χ0n) is 23.5. The largest absolute Gasteiger partial charge is 0.393 e. The maximum absolute atomic E-state index is 12.6. The van der Waals surface area contributed by atoms with Crippen LogP contribution in [0, 0.1) is 52.3 Å². The van der Waals surface area contributed by atoms with Gasteiger partial charge in [-0.1, -0.05) is 34.1 Å². The summed E-state index contributed by atoms with van der Waals surface area (Å²) in [6, 6.07) is 0.457. The number of hydrogen-bond acceptors (Lipinski definition) is 4. The van der Waals surface area contributed by atoms with Crippen LogP contribution >= 0.6 is 0 Å². The highest BCUT2D eigenvalue weighted by molar-refractivity contribution is 5.75. The molecule has 0 bridgehead atoms. The maximum Gasteiger partial charge on any atom is 0.220 e. The smallest absolute Gasteiger partial charge is 0.220 e. The maximum atomic E-state index is 12.6. The van der Waals surface area contributed by atoms with E-state index >= 15 is 0 Å². The molecule has 206 valence electrons. The Kier molecular flexibility index (Phi) is 7.85. The number of hydrogen-bond donors (Lipinski definition) is 4. The Balaban J connectivity index is 1.25. The first-order chi connectivity index (χ1) is 17.2. The number of aliphatic hydroxyl groups is 2. The van der Waals surface area contributed by atoms with Crippen LogP contribution in [0.1, 0.15) is 105 Å². The van der Waals surface area contributed by atoms with Crippen molar-refractivity contribution in [2.45, 2.75) is 123 Å². The average Bonchev–Trinajstić information content (AvgIpc) is 3.50. The summed E-state index contributed by atoms with van der Waals surface area (Å²) in [6.07, 6.45) is 12.5. The number of carbonyl (C=O) groups excluding carboxylic acids is 1. The minimum Gasteiger partial charge on any atom is -0.393 e. The molecule has 1 unspecified atom stereocenters. The van der Waals surface area contributed by atoms with E-state index in [0.29, 0.717) is 53.9 Å². The van der Waals surface area contributed by atoms with Gasteiger partial charge < -0.3 is 20.8 Å². The summed E-state index contributed by atoms with van der Waals surface area (Å²) in [7, 11) is 0. The van der Waals surface area contributed by atoms with Gasteiger partial charge in [0.05, 0.1) is 12.2 Å². The van der Waals surface area contributed by atoms with E-state index in [1.54, 1.807) is 0 Å². The Labute approximate surface area is 220 Å². The van der Waals surface area contributed by atoms with E-state index in [9.17, 15) is 15.0 Å². The molecule has 0 aromatic heterocycles. The number of carbonyl (C=O) groups is 1. The summed E-state index contributed by atoms with van der Waals surface area (Å²) in [6.45, 7) is 11.6. The van der Waals surface area contributed by atoms with Crippen LogP contribution in [0.5, 0.6) is 0 Å². The highest BCUT2D eigenvalue weighted by Gasteiger charge is 2.64. The van der Waals surface area contributed by atoms with Crippen LogP contribution in [0.3, 0.4) is 0 Å². The summed E-state index contributed by atoms with van der Waals surface area (Å²) in [4.78, 5) is 12.6.